The minimum Gasteiger partial charge on any atom is -0.464 e. The van der Waals surface area contributed by atoms with Crippen molar-refractivity contribution in [2.45, 2.75) is 77.6 Å². The van der Waals surface area contributed by atoms with Crippen LogP contribution in [0.3, 0.4) is 0 Å². The zero-order chi connectivity index (χ0) is 18.5. The molecule has 1 rings (SSSR count). The molecular weight excluding hydrogens is 320 g/mol. The van der Waals surface area contributed by atoms with Crippen molar-refractivity contribution in [2.75, 3.05) is 12.3 Å². The number of carboxylic acid groups (broad SMARTS) is 1. The second kappa shape index (κ2) is 12.3. The first-order valence-corrected chi connectivity index (χ1v) is 9.38. The molecular formula is C18H32N4O3. The Labute approximate surface area is 150 Å². The normalized spacial score (nSPS) is 10.8. The van der Waals surface area contributed by atoms with E-state index in [2.05, 4.69) is 17.2 Å². The van der Waals surface area contributed by atoms with Crippen molar-refractivity contribution in [1.82, 2.24) is 14.9 Å². The quantitative estimate of drug-likeness (QED) is 0.470. The summed E-state index contributed by atoms with van der Waals surface area (Å²) in [5, 5.41) is 11.8. The lowest BCUT2D eigenvalue weighted by molar-refractivity contribution is -0.121. The summed E-state index contributed by atoms with van der Waals surface area (Å²) in [5.74, 6) is -0.00442. The number of anilines is 1. The molecule has 7 nitrogen and oxygen atoms in total. The molecule has 0 bridgehead atoms. The Hall–Kier alpha value is -2.05. The van der Waals surface area contributed by atoms with Gasteiger partial charge in [0, 0.05) is 19.2 Å². The fourth-order valence-corrected chi connectivity index (χ4v) is 2.72. The van der Waals surface area contributed by atoms with Crippen LogP contribution in [0.2, 0.25) is 0 Å². The van der Waals surface area contributed by atoms with E-state index in [-0.39, 0.29) is 11.9 Å². The van der Waals surface area contributed by atoms with Crippen molar-refractivity contribution in [1.29, 1.82) is 0 Å². The predicted octanol–water partition coefficient (Wildman–Crippen LogP) is 3.57. The van der Waals surface area contributed by atoms with E-state index in [0.717, 1.165) is 24.0 Å². The number of unbranched alkanes of at least 4 members (excludes halogenated alkanes) is 7. The minimum absolute atomic E-state index is 0.0357. The van der Waals surface area contributed by atoms with Gasteiger partial charge in [0.1, 0.15) is 0 Å². The van der Waals surface area contributed by atoms with Gasteiger partial charge in [-0.3, -0.25) is 4.79 Å². The molecule has 0 aliphatic rings. The number of amides is 1. The first-order valence-electron chi connectivity index (χ1n) is 9.38. The molecule has 0 fully saturated rings. The number of nitrogen functional groups attached to an aromatic ring is 1. The van der Waals surface area contributed by atoms with Crippen LogP contribution in [0, 0.1) is 0 Å². The number of hydrogen-bond donors (Lipinski definition) is 3. The zero-order valence-electron chi connectivity index (χ0n) is 15.3. The maximum absolute atomic E-state index is 11.8. The molecule has 0 radical (unpaired) electrons. The molecule has 0 spiro atoms. The SMILES string of the molecule is CCCCCCCCCCNC(=O)CCCc1cn(C(=O)O)c(N)n1. The smallest absolute Gasteiger partial charge is 0.418 e. The van der Waals surface area contributed by atoms with Gasteiger partial charge in [0.05, 0.1) is 5.69 Å². The largest absolute Gasteiger partial charge is 0.464 e. The summed E-state index contributed by atoms with van der Waals surface area (Å²) in [4.78, 5) is 26.6. The van der Waals surface area contributed by atoms with E-state index in [1.807, 2.05) is 0 Å². The first kappa shape index (κ1) is 21.0. The molecule has 1 heterocycles. The van der Waals surface area contributed by atoms with E-state index in [9.17, 15) is 9.59 Å². The zero-order valence-corrected chi connectivity index (χ0v) is 15.3. The average molecular weight is 352 g/mol. The second-order valence-corrected chi connectivity index (χ2v) is 6.42. The van der Waals surface area contributed by atoms with Crippen LogP contribution in [-0.2, 0) is 11.2 Å². The van der Waals surface area contributed by atoms with Gasteiger partial charge in [-0.05, 0) is 19.3 Å². The Kier molecular flexibility index (Phi) is 10.4. The predicted molar refractivity (Wildman–Crippen MR) is 98.6 cm³/mol. The Morgan fingerprint density at radius 1 is 1.12 bits per heavy atom. The van der Waals surface area contributed by atoms with Crippen molar-refractivity contribution in [3.05, 3.63) is 11.9 Å². The molecule has 142 valence electrons. The maximum Gasteiger partial charge on any atom is 0.418 e. The van der Waals surface area contributed by atoms with Gasteiger partial charge in [0.25, 0.3) is 0 Å². The van der Waals surface area contributed by atoms with Gasteiger partial charge in [-0.2, -0.15) is 0 Å². The van der Waals surface area contributed by atoms with Crippen molar-refractivity contribution in [3.63, 3.8) is 0 Å². The maximum atomic E-state index is 11.8. The van der Waals surface area contributed by atoms with Crippen LogP contribution in [0.25, 0.3) is 0 Å². The Bertz CT molecular complexity index is 528. The van der Waals surface area contributed by atoms with Gasteiger partial charge in [-0.25, -0.2) is 14.3 Å². The topological polar surface area (TPSA) is 110 Å². The molecule has 1 aromatic heterocycles. The molecule has 0 saturated heterocycles. The van der Waals surface area contributed by atoms with E-state index < -0.39 is 6.09 Å². The van der Waals surface area contributed by atoms with Gasteiger partial charge in [-0.1, -0.05) is 51.9 Å². The molecule has 0 saturated carbocycles. The highest BCUT2D eigenvalue weighted by Crippen LogP contribution is 2.09. The fraction of sp³-hybridized carbons (Fsp3) is 0.722. The third-order valence-corrected chi connectivity index (χ3v) is 4.18. The third-order valence-electron chi connectivity index (χ3n) is 4.18. The molecule has 7 heteroatoms. The van der Waals surface area contributed by atoms with Crippen molar-refractivity contribution in [3.8, 4) is 0 Å². The first-order chi connectivity index (χ1) is 12.0. The molecule has 0 unspecified atom stereocenters. The number of aromatic nitrogens is 2. The molecule has 4 N–H and O–H groups in total. The second-order valence-electron chi connectivity index (χ2n) is 6.42. The molecule has 0 aromatic carbocycles. The van der Waals surface area contributed by atoms with Crippen LogP contribution in [0.15, 0.2) is 6.20 Å². The van der Waals surface area contributed by atoms with Gasteiger partial charge >= 0.3 is 6.09 Å². The van der Waals surface area contributed by atoms with Crippen LogP contribution in [0.5, 0.6) is 0 Å². The number of nitrogens with zero attached hydrogens (tertiary/aromatic N) is 2. The number of hydrogen-bond acceptors (Lipinski definition) is 4. The van der Waals surface area contributed by atoms with Gasteiger partial charge in [0.15, 0.2) is 0 Å². The Morgan fingerprint density at radius 2 is 1.76 bits per heavy atom. The molecule has 1 aromatic rings. The summed E-state index contributed by atoms with van der Waals surface area (Å²) >= 11 is 0. The highest BCUT2D eigenvalue weighted by atomic mass is 16.4. The summed E-state index contributed by atoms with van der Waals surface area (Å²) in [7, 11) is 0. The number of carbonyl (C=O) groups excluding carboxylic acids is 1. The van der Waals surface area contributed by atoms with Gasteiger partial charge in [0.2, 0.25) is 11.9 Å². The fourth-order valence-electron chi connectivity index (χ4n) is 2.72. The average Bonchev–Trinajstić information content (AvgIpc) is 2.94. The van der Waals surface area contributed by atoms with E-state index in [0.29, 0.717) is 25.0 Å². The standard InChI is InChI=1S/C18H32N4O3/c1-2-3-4-5-6-7-8-9-13-20-16(23)12-10-11-15-14-22(18(24)25)17(19)21-15/h14H,2-13H2,1H3,(H2,19,21)(H,20,23)(H,24,25). The van der Waals surface area contributed by atoms with Crippen LogP contribution in [0.1, 0.15) is 76.8 Å². The van der Waals surface area contributed by atoms with Gasteiger partial charge < -0.3 is 16.2 Å². The van der Waals surface area contributed by atoms with E-state index in [4.69, 9.17) is 10.8 Å². The van der Waals surface area contributed by atoms with Gasteiger partial charge in [-0.15, -0.1) is 0 Å². The molecule has 1 amide bonds. The molecule has 25 heavy (non-hydrogen) atoms. The Balaban J connectivity index is 2.02. The number of imidazole rings is 1. The summed E-state index contributed by atoms with van der Waals surface area (Å²) in [5.41, 5.74) is 6.10. The minimum atomic E-state index is -1.15. The monoisotopic (exact) mass is 352 g/mol. The van der Waals surface area contributed by atoms with Crippen molar-refractivity contribution >= 4 is 17.9 Å². The third kappa shape index (κ3) is 9.12. The van der Waals surface area contributed by atoms with Crippen LogP contribution < -0.4 is 11.1 Å². The summed E-state index contributed by atoms with van der Waals surface area (Å²) in [6.07, 6.45) is 11.8. The van der Waals surface area contributed by atoms with E-state index in [1.54, 1.807) is 0 Å². The van der Waals surface area contributed by atoms with Crippen molar-refractivity contribution < 1.29 is 14.7 Å². The van der Waals surface area contributed by atoms with Crippen molar-refractivity contribution in [2.24, 2.45) is 0 Å². The lowest BCUT2D eigenvalue weighted by Gasteiger charge is -2.05. The lowest BCUT2D eigenvalue weighted by atomic mass is 10.1. The van der Waals surface area contributed by atoms with Crippen LogP contribution in [-0.4, -0.2) is 33.2 Å². The summed E-state index contributed by atoms with van der Waals surface area (Å²) < 4.78 is 0.887. The van der Waals surface area contributed by atoms with E-state index >= 15 is 0 Å². The number of nitrogens with one attached hydrogen (secondary N) is 1. The number of rotatable bonds is 13. The molecule has 0 aliphatic heterocycles. The van der Waals surface area contributed by atoms with Crippen LogP contribution >= 0.6 is 0 Å². The number of aryl methyl sites for hydroxylation is 1. The highest BCUT2D eigenvalue weighted by molar-refractivity contribution is 5.75. The Morgan fingerprint density at radius 3 is 2.36 bits per heavy atom. The summed E-state index contributed by atoms with van der Waals surface area (Å²) in [6.45, 7) is 2.95. The summed E-state index contributed by atoms with van der Waals surface area (Å²) in [6, 6.07) is 0. The molecule has 0 aliphatic carbocycles. The van der Waals surface area contributed by atoms with E-state index in [1.165, 1.54) is 44.7 Å². The number of carbonyl (C=O) groups is 2. The number of nitrogens with two attached hydrogens (primary N) is 1. The van der Waals surface area contributed by atoms with Crippen LogP contribution in [0.4, 0.5) is 10.7 Å². The molecule has 0 atom stereocenters. The highest BCUT2D eigenvalue weighted by Gasteiger charge is 2.10. The lowest BCUT2D eigenvalue weighted by Crippen LogP contribution is -2.24.